The van der Waals surface area contributed by atoms with E-state index in [0.29, 0.717) is 11.5 Å². The van der Waals surface area contributed by atoms with Gasteiger partial charge in [-0.05, 0) is 13.0 Å². The van der Waals surface area contributed by atoms with E-state index >= 15 is 0 Å². The quantitative estimate of drug-likeness (QED) is 0.592. The Labute approximate surface area is 92.0 Å². The lowest BCUT2D eigenvalue weighted by atomic mass is 10.2. The van der Waals surface area contributed by atoms with Crippen LogP contribution in [-0.4, -0.2) is 10.3 Å². The molecule has 1 aromatic rings. The third-order valence-corrected chi connectivity index (χ3v) is 2.11. The van der Waals surface area contributed by atoms with Crippen LogP contribution in [0, 0.1) is 18.8 Å². The van der Waals surface area contributed by atoms with Crippen molar-refractivity contribution in [3.8, 4) is 11.8 Å². The Balaban J connectivity index is 3.00. The second-order valence-corrected chi connectivity index (χ2v) is 3.63. The third-order valence-electron chi connectivity index (χ3n) is 1.72. The van der Waals surface area contributed by atoms with Gasteiger partial charge < -0.3 is 11.5 Å². The van der Waals surface area contributed by atoms with Gasteiger partial charge in [-0.1, -0.05) is 27.8 Å². The molecule has 0 aliphatic carbocycles. The van der Waals surface area contributed by atoms with Gasteiger partial charge in [0, 0.05) is 17.3 Å². The summed E-state index contributed by atoms with van der Waals surface area (Å²) in [5.74, 6) is 6.38. The molecule has 3 nitrogen and oxygen atoms in total. The van der Waals surface area contributed by atoms with Gasteiger partial charge in [-0.25, -0.2) is 4.98 Å². The van der Waals surface area contributed by atoms with Crippen LogP contribution in [0.2, 0.25) is 0 Å². The van der Waals surface area contributed by atoms with Gasteiger partial charge in [-0.2, -0.15) is 0 Å². The van der Waals surface area contributed by atoms with Gasteiger partial charge in [0.15, 0.2) is 0 Å². The normalized spacial score (nSPS) is 9.29. The van der Waals surface area contributed by atoms with Gasteiger partial charge in [-0.15, -0.1) is 0 Å². The molecule has 0 saturated heterocycles. The van der Waals surface area contributed by atoms with Crippen LogP contribution in [0.25, 0.3) is 0 Å². The smallest absolute Gasteiger partial charge is 0.146 e. The van der Waals surface area contributed by atoms with E-state index in [1.807, 2.05) is 6.92 Å². The molecule has 0 spiro atoms. The molecule has 0 bridgehead atoms. The Morgan fingerprint density at radius 2 is 2.21 bits per heavy atom. The minimum absolute atomic E-state index is 0.369. The fourth-order valence-corrected chi connectivity index (χ4v) is 1.17. The molecule has 0 saturated carbocycles. The molecule has 1 heterocycles. The predicted molar refractivity (Wildman–Crippen MR) is 63.1 cm³/mol. The molecule has 14 heavy (non-hydrogen) atoms. The summed E-state index contributed by atoms with van der Waals surface area (Å²) in [6.45, 7) is 1.87. The molecule has 0 amide bonds. The van der Waals surface area contributed by atoms with E-state index in [4.69, 9.17) is 11.5 Å². The minimum atomic E-state index is 0.369. The van der Waals surface area contributed by atoms with E-state index in [9.17, 15) is 0 Å². The number of aromatic nitrogens is 1. The van der Waals surface area contributed by atoms with Crippen molar-refractivity contribution in [2.45, 2.75) is 13.3 Å². The molecule has 0 aliphatic rings. The Morgan fingerprint density at radius 1 is 1.50 bits per heavy atom. The highest BCUT2D eigenvalue weighted by molar-refractivity contribution is 9.09. The summed E-state index contributed by atoms with van der Waals surface area (Å²) in [5, 5.41) is 0.872. The van der Waals surface area contributed by atoms with Crippen molar-refractivity contribution in [2.75, 3.05) is 16.8 Å². The van der Waals surface area contributed by atoms with Crippen molar-refractivity contribution in [1.29, 1.82) is 0 Å². The largest absolute Gasteiger partial charge is 0.396 e. The molecule has 0 radical (unpaired) electrons. The lowest BCUT2D eigenvalue weighted by Gasteiger charge is -2.02. The number of nitrogen functional groups attached to an aromatic ring is 2. The highest BCUT2D eigenvalue weighted by Gasteiger charge is 2.01. The molecule has 0 aliphatic heterocycles. The first-order chi connectivity index (χ1) is 6.65. The van der Waals surface area contributed by atoms with Crippen molar-refractivity contribution < 1.29 is 0 Å². The van der Waals surface area contributed by atoms with Crippen molar-refractivity contribution in [3.63, 3.8) is 0 Å². The number of hydrogen-bond acceptors (Lipinski definition) is 3. The molecular weight excluding hydrogens is 242 g/mol. The van der Waals surface area contributed by atoms with Gasteiger partial charge in [0.05, 0.1) is 11.4 Å². The zero-order chi connectivity index (χ0) is 10.6. The fraction of sp³-hybridized carbons (Fsp3) is 0.300. The highest BCUT2D eigenvalue weighted by Crippen LogP contribution is 2.15. The summed E-state index contributed by atoms with van der Waals surface area (Å²) in [6.07, 6.45) is 0.809. The minimum Gasteiger partial charge on any atom is -0.396 e. The zero-order valence-corrected chi connectivity index (χ0v) is 9.56. The molecule has 1 aromatic heterocycles. The first-order valence-corrected chi connectivity index (χ1v) is 5.34. The Morgan fingerprint density at radius 3 is 2.86 bits per heavy atom. The summed E-state index contributed by atoms with van der Waals surface area (Å²) in [5.41, 5.74) is 13.3. The van der Waals surface area contributed by atoms with Gasteiger partial charge in [0.1, 0.15) is 5.82 Å². The number of pyridine rings is 1. The topological polar surface area (TPSA) is 64.9 Å². The maximum absolute atomic E-state index is 5.63. The maximum Gasteiger partial charge on any atom is 0.146 e. The summed E-state index contributed by atoms with van der Waals surface area (Å²) >= 11 is 3.30. The maximum atomic E-state index is 5.63. The van der Waals surface area contributed by atoms with E-state index in [1.54, 1.807) is 6.07 Å². The van der Waals surface area contributed by atoms with E-state index in [-0.39, 0.29) is 0 Å². The molecule has 0 atom stereocenters. The van der Waals surface area contributed by atoms with Gasteiger partial charge >= 0.3 is 0 Å². The first kappa shape index (κ1) is 10.9. The average molecular weight is 254 g/mol. The van der Waals surface area contributed by atoms with Crippen LogP contribution < -0.4 is 11.5 Å². The predicted octanol–water partition coefficient (Wildman–Crippen LogP) is 1.69. The van der Waals surface area contributed by atoms with Crippen molar-refractivity contribution in [1.82, 2.24) is 4.98 Å². The molecule has 4 N–H and O–H groups in total. The summed E-state index contributed by atoms with van der Waals surface area (Å²) in [4.78, 5) is 4.09. The lowest BCUT2D eigenvalue weighted by Crippen LogP contribution is -2.01. The van der Waals surface area contributed by atoms with Crippen molar-refractivity contribution in [3.05, 3.63) is 17.3 Å². The van der Waals surface area contributed by atoms with Gasteiger partial charge in [0.25, 0.3) is 0 Å². The van der Waals surface area contributed by atoms with E-state index in [0.717, 1.165) is 23.0 Å². The second-order valence-electron chi connectivity index (χ2n) is 2.84. The number of rotatable bonds is 1. The Hall–Kier alpha value is -1.21. The fourth-order valence-electron chi connectivity index (χ4n) is 0.971. The van der Waals surface area contributed by atoms with Crippen LogP contribution >= 0.6 is 15.9 Å². The number of nitrogens with two attached hydrogens (primary N) is 2. The molecule has 0 unspecified atom stereocenters. The molecule has 4 heteroatoms. The molecule has 0 fully saturated rings. The Kier molecular flexibility index (Phi) is 3.78. The molecule has 0 aromatic carbocycles. The zero-order valence-electron chi connectivity index (χ0n) is 7.97. The van der Waals surface area contributed by atoms with Gasteiger partial charge in [0.2, 0.25) is 0 Å². The molecule has 74 valence electrons. The van der Waals surface area contributed by atoms with Crippen LogP contribution in [0.5, 0.6) is 0 Å². The average Bonchev–Trinajstić information content (AvgIpc) is 2.14. The van der Waals surface area contributed by atoms with Crippen molar-refractivity contribution in [2.24, 2.45) is 0 Å². The van der Waals surface area contributed by atoms with Crippen LogP contribution in [-0.2, 0) is 0 Å². The molecular formula is C10H12BrN3. The van der Waals surface area contributed by atoms with E-state index < -0.39 is 0 Å². The summed E-state index contributed by atoms with van der Waals surface area (Å²) < 4.78 is 0. The summed E-state index contributed by atoms with van der Waals surface area (Å²) in [7, 11) is 0. The standard InChI is InChI=1S/C10H12BrN3/c1-7-8(4-2-3-5-11)6-9(12)10(13)14-7/h6H,3,5,12H2,1H3,(H2,13,14). The number of nitrogens with zero attached hydrogens (tertiary/aromatic N) is 1. The van der Waals surface area contributed by atoms with Crippen LogP contribution in [0.4, 0.5) is 11.5 Å². The number of halogens is 1. The van der Waals surface area contributed by atoms with E-state index in [1.165, 1.54) is 0 Å². The first-order valence-electron chi connectivity index (χ1n) is 4.22. The molecule has 1 rings (SSSR count). The lowest BCUT2D eigenvalue weighted by molar-refractivity contribution is 1.20. The number of hydrogen-bond donors (Lipinski definition) is 2. The van der Waals surface area contributed by atoms with Crippen LogP contribution in [0.15, 0.2) is 6.07 Å². The Bertz CT molecular complexity index is 390. The van der Waals surface area contributed by atoms with Crippen LogP contribution in [0.1, 0.15) is 17.7 Å². The second kappa shape index (κ2) is 4.87. The van der Waals surface area contributed by atoms with Gasteiger partial charge in [-0.3, -0.25) is 0 Å². The van der Waals surface area contributed by atoms with Crippen LogP contribution in [0.3, 0.4) is 0 Å². The van der Waals surface area contributed by atoms with E-state index in [2.05, 4.69) is 32.8 Å². The number of alkyl halides is 1. The van der Waals surface area contributed by atoms with Crippen molar-refractivity contribution >= 4 is 27.4 Å². The number of anilines is 2. The number of aryl methyl sites for hydroxylation is 1. The summed E-state index contributed by atoms with van der Waals surface area (Å²) in [6, 6.07) is 1.76. The third kappa shape index (κ3) is 2.64. The highest BCUT2D eigenvalue weighted by atomic mass is 79.9. The SMILES string of the molecule is Cc1nc(N)c(N)cc1C#CCCBr. The monoisotopic (exact) mass is 253 g/mol.